The van der Waals surface area contributed by atoms with Crippen molar-refractivity contribution in [3.05, 3.63) is 30.3 Å². The van der Waals surface area contributed by atoms with E-state index in [-0.39, 0.29) is 0 Å². The summed E-state index contributed by atoms with van der Waals surface area (Å²) < 4.78 is 21.9. The van der Waals surface area contributed by atoms with Gasteiger partial charge in [0.1, 0.15) is 9.92 Å². The molecular weight excluding hydrogens is 396 g/mol. The molecule has 0 bridgehead atoms. The second-order valence-electron chi connectivity index (χ2n) is 3.25. The predicted octanol–water partition coefficient (Wildman–Crippen LogP) is 4.60. The largest absolute Gasteiger partial charge is 0.258 e. The van der Waals surface area contributed by atoms with Crippen LogP contribution in [0.3, 0.4) is 0 Å². The molecule has 0 radical (unpaired) electrons. The summed E-state index contributed by atoms with van der Waals surface area (Å²) in [6.07, 6.45) is 0. The monoisotopic (exact) mass is 401 g/mol. The van der Waals surface area contributed by atoms with Gasteiger partial charge in [0.05, 0.1) is 5.69 Å². The van der Waals surface area contributed by atoms with Crippen LogP contribution in [-0.2, 0) is 10.0 Å². The lowest BCUT2D eigenvalue weighted by Crippen LogP contribution is -2.30. The molecule has 1 aromatic carbocycles. The second kappa shape index (κ2) is 7.16. The molecule has 1 atom stereocenters. The molecule has 0 N–H and O–H groups in total. The molecule has 19 heavy (non-hydrogen) atoms. The van der Waals surface area contributed by atoms with Crippen LogP contribution >= 0.6 is 70.0 Å². The van der Waals surface area contributed by atoms with Gasteiger partial charge in [-0.05, 0) is 24.1 Å². The maximum Gasteiger partial charge on any atom is 0.258 e. The first kappa shape index (κ1) is 17.8. The maximum atomic E-state index is 11.9. The number of benzene rings is 1. The minimum Gasteiger partial charge on any atom is -0.209 e. The van der Waals surface area contributed by atoms with Crippen molar-refractivity contribution in [3.8, 4) is 0 Å². The van der Waals surface area contributed by atoms with E-state index in [1.165, 1.54) is 0 Å². The zero-order chi connectivity index (χ0) is 14.7. The molecule has 3 nitrogen and oxygen atoms in total. The van der Waals surface area contributed by atoms with E-state index in [1.54, 1.807) is 30.3 Å². The first-order chi connectivity index (χ1) is 8.68. The highest BCUT2D eigenvalue weighted by Gasteiger charge is 2.36. The van der Waals surface area contributed by atoms with E-state index in [2.05, 4.69) is 0 Å². The molecule has 0 aliphatic heterocycles. The van der Waals surface area contributed by atoms with Gasteiger partial charge in [0, 0.05) is 0 Å². The van der Waals surface area contributed by atoms with E-state index >= 15 is 0 Å². The van der Waals surface area contributed by atoms with E-state index in [4.69, 9.17) is 58.0 Å². The lowest BCUT2D eigenvalue weighted by atomic mass is 10.3. The Morgan fingerprint density at radius 3 is 2.16 bits per heavy atom. The van der Waals surface area contributed by atoms with Gasteiger partial charge in [0.2, 0.25) is 3.79 Å². The zero-order valence-corrected chi connectivity index (χ0v) is 14.6. The highest BCUT2D eigenvalue weighted by atomic mass is 35.6. The average molecular weight is 404 g/mol. The van der Waals surface area contributed by atoms with Crippen molar-refractivity contribution in [2.75, 3.05) is 8.92 Å². The number of sulfonamides is 1. The molecule has 0 saturated heterocycles. The summed E-state index contributed by atoms with van der Waals surface area (Å²) in [5, 5.41) is -0.613. The summed E-state index contributed by atoms with van der Waals surface area (Å²) >= 11 is 28.9. The van der Waals surface area contributed by atoms with Crippen LogP contribution in [0.4, 0.5) is 5.69 Å². The lowest BCUT2D eigenvalue weighted by Gasteiger charge is -2.26. The number of hydrogen-bond acceptors (Lipinski definition) is 3. The third kappa shape index (κ3) is 5.23. The Hall–Kier alpha value is 0.770. The first-order valence-corrected chi connectivity index (χ1v) is 9.25. The lowest BCUT2D eigenvalue weighted by molar-refractivity contribution is 0.602. The minimum atomic E-state index is -3.77. The van der Waals surface area contributed by atoms with Gasteiger partial charge in [0.15, 0.2) is 0 Å². The Bertz CT molecular complexity index is 505. The number of para-hydroxylation sites is 1. The summed E-state index contributed by atoms with van der Waals surface area (Å²) in [7, 11) is -3.77. The molecule has 10 heteroatoms. The van der Waals surface area contributed by atoms with Crippen LogP contribution in [0, 0.1) is 0 Å². The molecule has 1 aromatic rings. The van der Waals surface area contributed by atoms with Gasteiger partial charge in [-0.2, -0.15) is 0 Å². The van der Waals surface area contributed by atoms with Crippen molar-refractivity contribution in [1.29, 1.82) is 0 Å². The number of nitrogens with zero attached hydrogens (tertiary/aromatic N) is 1. The smallest absolute Gasteiger partial charge is 0.209 e. The van der Waals surface area contributed by atoms with Crippen molar-refractivity contribution in [1.82, 2.24) is 0 Å². The molecule has 0 heterocycles. The van der Waals surface area contributed by atoms with Crippen LogP contribution in [0.1, 0.15) is 0 Å². The molecule has 1 unspecified atom stereocenters. The third-order valence-electron chi connectivity index (χ3n) is 1.80. The molecular formula is C9H8Cl5NO2S2. The molecule has 0 aliphatic carbocycles. The van der Waals surface area contributed by atoms with Gasteiger partial charge in [-0.3, -0.25) is 0 Å². The number of hydrogen-bond donors (Lipinski definition) is 0. The standard InChI is InChI=1S/C9H8Cl5NO2S2/c10-6-19(16,17)15(7-4-2-1-3-5-7)18-8(11)9(12,13)14/h1-5,8H,6H2. The molecule has 0 fully saturated rings. The summed E-state index contributed by atoms with van der Waals surface area (Å²) in [6.45, 7) is 0. The maximum absolute atomic E-state index is 11.9. The first-order valence-electron chi connectivity index (χ1n) is 4.70. The van der Waals surface area contributed by atoms with Gasteiger partial charge in [-0.25, -0.2) is 12.1 Å². The second-order valence-corrected chi connectivity index (χ2v) is 9.99. The Kier molecular flexibility index (Phi) is 6.72. The molecule has 108 valence electrons. The molecule has 0 amide bonds. The number of halogens is 5. The van der Waals surface area contributed by atoms with Gasteiger partial charge >= 0.3 is 0 Å². The van der Waals surface area contributed by atoms with Crippen molar-refractivity contribution in [3.63, 3.8) is 0 Å². The fourth-order valence-corrected chi connectivity index (χ4v) is 4.23. The highest BCUT2D eigenvalue weighted by Crippen LogP contribution is 2.43. The van der Waals surface area contributed by atoms with E-state index in [9.17, 15) is 8.42 Å². The summed E-state index contributed by atoms with van der Waals surface area (Å²) in [6, 6.07) is 8.25. The van der Waals surface area contributed by atoms with Crippen LogP contribution in [0.25, 0.3) is 0 Å². The van der Waals surface area contributed by atoms with Crippen molar-refractivity contribution in [2.24, 2.45) is 0 Å². The van der Waals surface area contributed by atoms with Gasteiger partial charge < -0.3 is 0 Å². The molecule has 0 aromatic heterocycles. The average Bonchev–Trinajstić information content (AvgIpc) is 2.35. The van der Waals surface area contributed by atoms with E-state index in [0.717, 1.165) is 3.71 Å². The Morgan fingerprint density at radius 2 is 1.74 bits per heavy atom. The quantitative estimate of drug-likeness (QED) is 0.532. The molecule has 0 aliphatic rings. The topological polar surface area (TPSA) is 37.4 Å². The number of alkyl halides is 5. The summed E-state index contributed by atoms with van der Waals surface area (Å²) in [4.78, 5) is 0. The fraction of sp³-hybridized carbons (Fsp3) is 0.333. The summed E-state index contributed by atoms with van der Waals surface area (Å²) in [5.41, 5.74) is 0.369. The van der Waals surface area contributed by atoms with Gasteiger partial charge in [-0.15, -0.1) is 23.2 Å². The minimum absolute atomic E-state index is 0.369. The van der Waals surface area contributed by atoms with Gasteiger partial charge in [-0.1, -0.05) is 53.0 Å². The fourth-order valence-electron chi connectivity index (χ4n) is 1.02. The zero-order valence-electron chi connectivity index (χ0n) is 9.14. The number of rotatable bonds is 5. The summed E-state index contributed by atoms with van der Waals surface area (Å²) in [5.74, 6) is 0. The Morgan fingerprint density at radius 1 is 1.21 bits per heavy atom. The van der Waals surface area contributed by atoms with Crippen LogP contribution in [0.5, 0.6) is 0 Å². The van der Waals surface area contributed by atoms with Crippen LogP contribution in [0.2, 0.25) is 0 Å². The van der Waals surface area contributed by atoms with Crippen LogP contribution < -0.4 is 3.71 Å². The van der Waals surface area contributed by atoms with Crippen molar-refractivity contribution < 1.29 is 8.42 Å². The third-order valence-corrected chi connectivity index (χ3v) is 7.45. The van der Waals surface area contributed by atoms with E-state index < -0.39 is 23.7 Å². The Labute approximate surface area is 141 Å². The van der Waals surface area contributed by atoms with Crippen LogP contribution in [-0.4, -0.2) is 22.1 Å². The highest BCUT2D eigenvalue weighted by molar-refractivity contribution is 8.16. The molecule has 0 saturated carbocycles. The Balaban J connectivity index is 3.09. The van der Waals surface area contributed by atoms with Gasteiger partial charge in [0.25, 0.3) is 10.0 Å². The normalized spacial score (nSPS) is 14.2. The van der Waals surface area contributed by atoms with Crippen molar-refractivity contribution >= 4 is 85.7 Å². The van der Waals surface area contributed by atoms with Crippen molar-refractivity contribution in [2.45, 2.75) is 8.50 Å². The SMILES string of the molecule is O=S(=O)(CCl)N(SC(Cl)C(Cl)(Cl)Cl)c1ccccc1. The van der Waals surface area contributed by atoms with Crippen LogP contribution in [0.15, 0.2) is 30.3 Å². The van der Waals surface area contributed by atoms with E-state index in [1.807, 2.05) is 0 Å². The predicted molar refractivity (Wildman–Crippen MR) is 86.1 cm³/mol. The molecule has 1 rings (SSSR count). The number of anilines is 1. The van der Waals surface area contributed by atoms with E-state index in [0.29, 0.717) is 17.6 Å². The molecule has 0 spiro atoms.